The normalized spacial score (nSPS) is 10.2. The van der Waals surface area contributed by atoms with Gasteiger partial charge in [0.1, 0.15) is 0 Å². The zero-order valence-corrected chi connectivity index (χ0v) is 15.0. The van der Waals surface area contributed by atoms with Gasteiger partial charge in [-0.05, 0) is 18.1 Å². The highest BCUT2D eigenvalue weighted by Gasteiger charge is 2.18. The van der Waals surface area contributed by atoms with Crippen LogP contribution in [0.15, 0.2) is 36.4 Å². The number of hydrogen-bond donors (Lipinski definition) is 1. The Morgan fingerprint density at radius 1 is 1.04 bits per heavy atom. The van der Waals surface area contributed by atoms with E-state index >= 15 is 0 Å². The zero-order valence-electron chi connectivity index (χ0n) is 15.0. The number of rotatable bonds is 7. The Balaban J connectivity index is 2.17. The molecule has 25 heavy (non-hydrogen) atoms. The molecule has 0 atom stereocenters. The van der Waals surface area contributed by atoms with E-state index in [9.17, 15) is 4.79 Å². The van der Waals surface area contributed by atoms with Crippen molar-refractivity contribution in [2.45, 2.75) is 12.8 Å². The van der Waals surface area contributed by atoms with Crippen LogP contribution in [0.2, 0.25) is 0 Å². The highest BCUT2D eigenvalue weighted by Crippen LogP contribution is 2.40. The number of methoxy groups -OCH3 is 3. The third kappa shape index (κ3) is 4.15. The second-order valence-corrected chi connectivity index (χ2v) is 5.54. The first-order valence-electron chi connectivity index (χ1n) is 7.91. The average Bonchev–Trinajstić information content (AvgIpc) is 2.65. The molecule has 0 saturated heterocycles. The van der Waals surface area contributed by atoms with Crippen LogP contribution in [0.3, 0.4) is 0 Å². The van der Waals surface area contributed by atoms with Crippen molar-refractivity contribution in [3.05, 3.63) is 42.0 Å². The molecule has 2 aromatic rings. The molecule has 0 aliphatic heterocycles. The minimum absolute atomic E-state index is 0.0301. The first-order chi connectivity index (χ1) is 12.0. The third-order valence-corrected chi connectivity index (χ3v) is 4.07. The largest absolute Gasteiger partial charge is 0.493 e. The minimum atomic E-state index is -0.0301. The first-order valence-corrected chi connectivity index (χ1v) is 7.91. The predicted octanol–water partition coefficient (Wildman–Crippen LogP) is 2.89. The van der Waals surface area contributed by atoms with Crippen LogP contribution in [0.25, 0.3) is 0 Å². The SMILES string of the molecule is COc1cc(N(C)C(=O)CCc2ccccc2N)cc(OC)c1OC. The smallest absolute Gasteiger partial charge is 0.227 e. The summed E-state index contributed by atoms with van der Waals surface area (Å²) in [7, 11) is 6.35. The number of carbonyl (C=O) groups is 1. The number of ether oxygens (including phenoxy) is 3. The summed E-state index contributed by atoms with van der Waals surface area (Å²) in [6.07, 6.45) is 0.932. The maximum Gasteiger partial charge on any atom is 0.227 e. The number of nitrogens with two attached hydrogens (primary N) is 1. The highest BCUT2D eigenvalue weighted by molar-refractivity contribution is 5.93. The van der Waals surface area contributed by atoms with E-state index in [1.54, 1.807) is 45.4 Å². The maximum atomic E-state index is 12.6. The van der Waals surface area contributed by atoms with Gasteiger partial charge in [-0.3, -0.25) is 4.79 Å². The van der Waals surface area contributed by atoms with Gasteiger partial charge in [-0.1, -0.05) is 18.2 Å². The zero-order chi connectivity index (χ0) is 18.4. The number of para-hydroxylation sites is 1. The predicted molar refractivity (Wildman–Crippen MR) is 98.7 cm³/mol. The van der Waals surface area contributed by atoms with Crippen molar-refractivity contribution in [1.29, 1.82) is 0 Å². The molecule has 0 radical (unpaired) electrons. The fraction of sp³-hybridized carbons (Fsp3) is 0.316. The van der Waals surface area contributed by atoms with Crippen molar-refractivity contribution >= 4 is 17.3 Å². The average molecular weight is 344 g/mol. The van der Waals surface area contributed by atoms with Crippen LogP contribution >= 0.6 is 0 Å². The van der Waals surface area contributed by atoms with E-state index in [2.05, 4.69) is 0 Å². The van der Waals surface area contributed by atoms with Crippen LogP contribution in [-0.4, -0.2) is 34.3 Å². The standard InChI is InChI=1S/C19H24N2O4/c1-21(18(22)10-9-13-7-5-6-8-15(13)20)14-11-16(23-2)19(25-4)17(12-14)24-3/h5-8,11-12H,9-10,20H2,1-4H3. The van der Waals surface area contributed by atoms with Gasteiger partial charge in [0.05, 0.1) is 27.0 Å². The number of carbonyl (C=O) groups excluding carboxylic acids is 1. The Kier molecular flexibility index (Phi) is 6.11. The summed E-state index contributed by atoms with van der Waals surface area (Å²) in [6.45, 7) is 0. The van der Waals surface area contributed by atoms with Crippen LogP contribution in [0.4, 0.5) is 11.4 Å². The fourth-order valence-corrected chi connectivity index (χ4v) is 2.58. The summed E-state index contributed by atoms with van der Waals surface area (Å²) < 4.78 is 16.0. The van der Waals surface area contributed by atoms with Crippen molar-refractivity contribution in [2.24, 2.45) is 0 Å². The molecule has 134 valence electrons. The van der Waals surface area contributed by atoms with Gasteiger partial charge in [0.15, 0.2) is 11.5 Å². The summed E-state index contributed by atoms with van der Waals surface area (Å²) in [4.78, 5) is 14.1. The van der Waals surface area contributed by atoms with Crippen molar-refractivity contribution in [3.8, 4) is 17.2 Å². The number of anilines is 2. The number of amides is 1. The van der Waals surface area contributed by atoms with E-state index in [0.717, 1.165) is 5.56 Å². The number of aryl methyl sites for hydroxylation is 1. The van der Waals surface area contributed by atoms with Crippen LogP contribution in [0, 0.1) is 0 Å². The van der Waals surface area contributed by atoms with Gasteiger partial charge >= 0.3 is 0 Å². The lowest BCUT2D eigenvalue weighted by Crippen LogP contribution is -2.26. The number of benzene rings is 2. The fourth-order valence-electron chi connectivity index (χ4n) is 2.58. The number of nitrogens with zero attached hydrogens (tertiary/aromatic N) is 1. The first kappa shape index (κ1) is 18.4. The lowest BCUT2D eigenvalue weighted by atomic mass is 10.1. The van der Waals surface area contributed by atoms with E-state index in [-0.39, 0.29) is 5.91 Å². The van der Waals surface area contributed by atoms with Gasteiger partial charge in [0.2, 0.25) is 11.7 Å². The molecular formula is C19H24N2O4. The molecule has 0 bridgehead atoms. The molecule has 0 saturated carbocycles. The quantitative estimate of drug-likeness (QED) is 0.782. The van der Waals surface area contributed by atoms with Crippen molar-refractivity contribution < 1.29 is 19.0 Å². The summed E-state index contributed by atoms with van der Waals surface area (Å²) in [5.74, 6) is 1.47. The van der Waals surface area contributed by atoms with E-state index in [4.69, 9.17) is 19.9 Å². The molecule has 1 amide bonds. The lowest BCUT2D eigenvalue weighted by molar-refractivity contribution is -0.118. The second-order valence-electron chi connectivity index (χ2n) is 5.54. The molecule has 6 nitrogen and oxygen atoms in total. The Morgan fingerprint density at radius 3 is 2.16 bits per heavy atom. The monoisotopic (exact) mass is 344 g/mol. The molecule has 2 rings (SSSR count). The van der Waals surface area contributed by atoms with Gasteiger partial charge in [0, 0.05) is 31.3 Å². The molecule has 0 spiro atoms. The van der Waals surface area contributed by atoms with Crippen LogP contribution in [-0.2, 0) is 11.2 Å². The van der Waals surface area contributed by atoms with Crippen LogP contribution in [0.1, 0.15) is 12.0 Å². The van der Waals surface area contributed by atoms with Crippen LogP contribution in [0.5, 0.6) is 17.2 Å². The second kappa shape index (κ2) is 8.28. The molecule has 0 heterocycles. The van der Waals surface area contributed by atoms with E-state index < -0.39 is 0 Å². The minimum Gasteiger partial charge on any atom is -0.493 e. The van der Waals surface area contributed by atoms with Crippen LogP contribution < -0.4 is 24.8 Å². The van der Waals surface area contributed by atoms with E-state index in [1.807, 2.05) is 24.3 Å². The van der Waals surface area contributed by atoms with E-state index in [1.165, 1.54) is 0 Å². The molecule has 0 unspecified atom stereocenters. The summed E-state index contributed by atoms with van der Waals surface area (Å²) in [5, 5.41) is 0. The van der Waals surface area contributed by atoms with Crippen molar-refractivity contribution in [3.63, 3.8) is 0 Å². The van der Waals surface area contributed by atoms with Gasteiger partial charge in [0.25, 0.3) is 0 Å². The maximum absolute atomic E-state index is 12.6. The highest BCUT2D eigenvalue weighted by atomic mass is 16.5. The molecule has 2 N–H and O–H groups in total. The molecule has 0 fully saturated rings. The van der Waals surface area contributed by atoms with Gasteiger partial charge in [-0.25, -0.2) is 0 Å². The van der Waals surface area contributed by atoms with Gasteiger partial charge in [-0.2, -0.15) is 0 Å². The Labute approximate surface area is 148 Å². The topological polar surface area (TPSA) is 74.0 Å². The summed E-state index contributed by atoms with van der Waals surface area (Å²) >= 11 is 0. The summed E-state index contributed by atoms with van der Waals surface area (Å²) in [5.41, 5.74) is 8.26. The molecule has 6 heteroatoms. The van der Waals surface area contributed by atoms with E-state index in [0.29, 0.717) is 41.5 Å². The van der Waals surface area contributed by atoms with Crippen molar-refractivity contribution in [2.75, 3.05) is 39.0 Å². The molecule has 0 aliphatic carbocycles. The third-order valence-electron chi connectivity index (χ3n) is 4.07. The molecule has 2 aromatic carbocycles. The van der Waals surface area contributed by atoms with Gasteiger partial charge in [-0.15, -0.1) is 0 Å². The van der Waals surface area contributed by atoms with Gasteiger partial charge < -0.3 is 24.8 Å². The summed E-state index contributed by atoms with van der Waals surface area (Å²) in [6, 6.07) is 11.1. The molecule has 0 aromatic heterocycles. The molecular weight excluding hydrogens is 320 g/mol. The Hall–Kier alpha value is -2.89. The molecule has 0 aliphatic rings. The number of hydrogen-bond acceptors (Lipinski definition) is 5. The Bertz CT molecular complexity index is 721. The Morgan fingerprint density at radius 2 is 1.64 bits per heavy atom. The lowest BCUT2D eigenvalue weighted by Gasteiger charge is -2.21. The van der Waals surface area contributed by atoms with Crippen molar-refractivity contribution in [1.82, 2.24) is 0 Å². The number of nitrogen functional groups attached to an aromatic ring is 1.